The van der Waals surface area contributed by atoms with Crippen LogP contribution in [0, 0.1) is 11.3 Å². The smallest absolute Gasteiger partial charge is 0.269 e. The van der Waals surface area contributed by atoms with E-state index in [4.69, 9.17) is 16.6 Å². The third kappa shape index (κ3) is 5.32. The van der Waals surface area contributed by atoms with E-state index in [0.29, 0.717) is 39.4 Å². The lowest BCUT2D eigenvalue weighted by Crippen LogP contribution is -2.29. The molecule has 6 nitrogen and oxygen atoms in total. The van der Waals surface area contributed by atoms with Gasteiger partial charge in [0.1, 0.15) is 4.91 Å². The second kappa shape index (κ2) is 11.4. The molecule has 0 aromatic heterocycles. The minimum absolute atomic E-state index is 0.0980. The van der Waals surface area contributed by atoms with Crippen LogP contribution in [0.3, 0.4) is 0 Å². The minimum atomic E-state index is -0.0980. The molecule has 1 saturated heterocycles. The van der Waals surface area contributed by atoms with Gasteiger partial charge in [0.25, 0.3) is 5.91 Å². The van der Waals surface area contributed by atoms with Crippen LogP contribution in [0.4, 0.5) is 11.4 Å². The highest BCUT2D eigenvalue weighted by Crippen LogP contribution is 2.46. The van der Waals surface area contributed by atoms with Crippen molar-refractivity contribution in [3.63, 3.8) is 0 Å². The van der Waals surface area contributed by atoms with E-state index in [9.17, 15) is 10.1 Å². The SMILES string of the molecule is CCNc1ccc(C#N)cc1N=C1SC(=C2SC=C(c3ccc(Cl)cc3)N2C)C(=O)N1Cc1ccccc1. The molecule has 190 valence electrons. The van der Waals surface area contributed by atoms with E-state index < -0.39 is 0 Å². The molecule has 0 radical (unpaired) electrons. The summed E-state index contributed by atoms with van der Waals surface area (Å²) >= 11 is 8.97. The second-order valence-corrected chi connectivity index (χ2v) is 10.8. The lowest BCUT2D eigenvalue weighted by Gasteiger charge is -2.19. The lowest BCUT2D eigenvalue weighted by molar-refractivity contribution is -0.122. The minimum Gasteiger partial charge on any atom is -0.384 e. The number of rotatable bonds is 6. The van der Waals surface area contributed by atoms with E-state index in [2.05, 4.69) is 16.8 Å². The Balaban J connectivity index is 1.55. The number of halogens is 1. The number of hydrogen-bond donors (Lipinski definition) is 1. The number of amides is 1. The van der Waals surface area contributed by atoms with Gasteiger partial charge in [-0.1, -0.05) is 65.8 Å². The number of nitrogens with zero attached hydrogens (tertiary/aromatic N) is 4. The average molecular weight is 558 g/mol. The zero-order valence-corrected chi connectivity index (χ0v) is 23.2. The van der Waals surface area contributed by atoms with E-state index in [1.165, 1.54) is 23.5 Å². The summed E-state index contributed by atoms with van der Waals surface area (Å²) in [6.45, 7) is 3.10. The predicted molar refractivity (Wildman–Crippen MR) is 159 cm³/mol. The maximum atomic E-state index is 13.9. The highest BCUT2D eigenvalue weighted by Gasteiger charge is 2.38. The van der Waals surface area contributed by atoms with Crippen molar-refractivity contribution < 1.29 is 4.79 Å². The summed E-state index contributed by atoms with van der Waals surface area (Å²) in [7, 11) is 1.97. The van der Waals surface area contributed by atoms with Gasteiger partial charge < -0.3 is 10.2 Å². The number of hydrogen-bond acceptors (Lipinski definition) is 7. The van der Waals surface area contributed by atoms with Gasteiger partial charge in [-0.15, -0.1) is 0 Å². The van der Waals surface area contributed by atoms with Gasteiger partial charge in [-0.3, -0.25) is 9.69 Å². The van der Waals surface area contributed by atoms with Gasteiger partial charge in [-0.2, -0.15) is 5.26 Å². The van der Waals surface area contributed by atoms with E-state index in [1.54, 1.807) is 17.0 Å². The number of thioether (sulfide) groups is 2. The summed E-state index contributed by atoms with van der Waals surface area (Å²) in [5.74, 6) is -0.0980. The van der Waals surface area contributed by atoms with Gasteiger partial charge in [0.2, 0.25) is 0 Å². The van der Waals surface area contributed by atoms with Crippen molar-refractivity contribution in [1.82, 2.24) is 9.80 Å². The summed E-state index contributed by atoms with van der Waals surface area (Å²) in [6.07, 6.45) is 0. The average Bonchev–Trinajstić information content (AvgIpc) is 3.45. The summed E-state index contributed by atoms with van der Waals surface area (Å²) in [5, 5.41) is 16.9. The Morgan fingerprint density at radius 3 is 2.55 bits per heavy atom. The number of benzene rings is 3. The first-order valence-electron chi connectivity index (χ1n) is 12.0. The fourth-order valence-electron chi connectivity index (χ4n) is 4.13. The Hall–Kier alpha value is -3.64. The molecule has 1 fully saturated rings. The number of anilines is 1. The fourth-order valence-corrected chi connectivity index (χ4v) is 6.50. The molecule has 9 heteroatoms. The highest BCUT2D eigenvalue weighted by molar-refractivity contribution is 8.19. The first kappa shape index (κ1) is 26.0. The monoisotopic (exact) mass is 557 g/mol. The van der Waals surface area contributed by atoms with Crippen LogP contribution >= 0.6 is 35.1 Å². The van der Waals surface area contributed by atoms with Gasteiger partial charge in [0.15, 0.2) is 5.17 Å². The van der Waals surface area contributed by atoms with Crippen molar-refractivity contribution in [2.24, 2.45) is 4.99 Å². The van der Waals surface area contributed by atoms with E-state index >= 15 is 0 Å². The van der Waals surface area contributed by atoms with Crippen molar-refractivity contribution in [2.45, 2.75) is 13.5 Å². The standard InChI is InChI=1S/C29H24ClN5OS2/c1-3-32-23-14-9-20(16-31)15-24(23)33-29-35(17-19-7-5-4-6-8-19)27(36)26(38-29)28-34(2)25(18-37-28)21-10-12-22(30)13-11-21/h4-15,18,32H,3,17H2,1-2H3. The van der Waals surface area contributed by atoms with Crippen LogP contribution < -0.4 is 5.32 Å². The van der Waals surface area contributed by atoms with Gasteiger partial charge in [0.05, 0.1) is 40.3 Å². The molecule has 3 aromatic carbocycles. The number of aliphatic imine (C=N–C) groups is 1. The molecule has 0 saturated carbocycles. The maximum absolute atomic E-state index is 13.9. The Kier molecular flexibility index (Phi) is 7.79. The maximum Gasteiger partial charge on any atom is 0.269 e. The van der Waals surface area contributed by atoms with Gasteiger partial charge in [0, 0.05) is 24.0 Å². The zero-order chi connectivity index (χ0) is 26.6. The van der Waals surface area contributed by atoms with Crippen LogP contribution in [0.25, 0.3) is 5.70 Å². The summed E-state index contributed by atoms with van der Waals surface area (Å²) in [5.41, 5.74) is 4.97. The lowest BCUT2D eigenvalue weighted by atomic mass is 10.1. The topological polar surface area (TPSA) is 71.7 Å². The van der Waals surface area contributed by atoms with Gasteiger partial charge in [-0.25, -0.2) is 4.99 Å². The fraction of sp³-hybridized carbons (Fsp3) is 0.138. The summed E-state index contributed by atoms with van der Waals surface area (Å²) < 4.78 is 0. The van der Waals surface area contributed by atoms with E-state index in [0.717, 1.165) is 27.5 Å². The molecule has 0 unspecified atom stereocenters. The molecule has 3 aromatic rings. The van der Waals surface area contributed by atoms with Crippen LogP contribution in [0.2, 0.25) is 5.02 Å². The molecule has 2 aliphatic rings. The Bertz CT molecular complexity index is 1510. The van der Waals surface area contributed by atoms with E-state index in [-0.39, 0.29) is 5.91 Å². The normalized spacial score (nSPS) is 18.2. The molecule has 2 aliphatic heterocycles. The Morgan fingerprint density at radius 1 is 1.08 bits per heavy atom. The Labute approximate surface area is 235 Å². The molecule has 38 heavy (non-hydrogen) atoms. The van der Waals surface area contributed by atoms with Crippen LogP contribution in [0.5, 0.6) is 0 Å². The number of carbonyl (C=O) groups is 1. The van der Waals surface area contributed by atoms with Crippen LogP contribution in [-0.2, 0) is 11.3 Å². The highest BCUT2D eigenvalue weighted by atomic mass is 35.5. The molecular weight excluding hydrogens is 534 g/mol. The van der Waals surface area contributed by atoms with Crippen molar-refractivity contribution in [1.29, 1.82) is 5.26 Å². The number of amidine groups is 1. The summed E-state index contributed by atoms with van der Waals surface area (Å²) in [4.78, 5) is 23.2. The predicted octanol–water partition coefficient (Wildman–Crippen LogP) is 7.25. The molecule has 1 N–H and O–H groups in total. The third-order valence-electron chi connectivity index (χ3n) is 6.04. The molecule has 1 amide bonds. The number of nitrogens with one attached hydrogen (secondary N) is 1. The first-order valence-corrected chi connectivity index (χ1v) is 14.1. The van der Waals surface area contributed by atoms with Crippen molar-refractivity contribution >= 4 is 63.3 Å². The molecule has 0 atom stereocenters. The summed E-state index contributed by atoms with van der Waals surface area (Å²) in [6, 6.07) is 25.1. The van der Waals surface area contributed by atoms with E-state index in [1.807, 2.05) is 79.5 Å². The molecule has 0 bridgehead atoms. The van der Waals surface area contributed by atoms with Crippen molar-refractivity contribution in [2.75, 3.05) is 18.9 Å². The van der Waals surface area contributed by atoms with Crippen LogP contribution in [0.15, 0.2) is 93.1 Å². The second-order valence-electron chi connectivity index (χ2n) is 8.57. The van der Waals surface area contributed by atoms with Crippen LogP contribution in [0.1, 0.15) is 23.6 Å². The molecular formula is C29H24ClN5OS2. The number of nitriles is 1. The largest absolute Gasteiger partial charge is 0.384 e. The Morgan fingerprint density at radius 2 is 1.84 bits per heavy atom. The zero-order valence-electron chi connectivity index (χ0n) is 20.8. The molecule has 0 spiro atoms. The van der Waals surface area contributed by atoms with Gasteiger partial charge >= 0.3 is 0 Å². The molecule has 5 rings (SSSR count). The molecule has 0 aliphatic carbocycles. The number of carbonyl (C=O) groups excluding carboxylic acids is 1. The third-order valence-corrected chi connectivity index (χ3v) is 8.53. The quantitative estimate of drug-likeness (QED) is 0.322. The van der Waals surface area contributed by atoms with Crippen molar-refractivity contribution in [3.05, 3.63) is 110 Å². The van der Waals surface area contributed by atoms with Crippen molar-refractivity contribution in [3.8, 4) is 6.07 Å². The van der Waals surface area contributed by atoms with Crippen LogP contribution in [-0.4, -0.2) is 34.5 Å². The first-order chi connectivity index (χ1) is 18.5. The van der Waals surface area contributed by atoms with Gasteiger partial charge in [-0.05, 0) is 60.1 Å². The molecule has 2 heterocycles.